The van der Waals surface area contributed by atoms with Gasteiger partial charge in [-0.15, -0.1) is 0 Å². The molecule has 1 saturated heterocycles. The molecule has 25 nitrogen and oxygen atoms in total. The van der Waals surface area contributed by atoms with Crippen molar-refractivity contribution in [1.82, 2.24) is 36.4 Å². The van der Waals surface area contributed by atoms with Crippen LogP contribution in [0.2, 0.25) is 18.1 Å². The van der Waals surface area contributed by atoms with Gasteiger partial charge in [0.15, 0.2) is 8.32 Å². The highest BCUT2D eigenvalue weighted by Crippen LogP contribution is 2.42. The summed E-state index contributed by atoms with van der Waals surface area (Å²) in [6, 6.07) is -4.98. The SMILES string of the molecule is CN(C(=O)OC(C)(C)C)[C@@H]1[C@@H](O)[C@@H](O[C@H]2[C@H](NC(=O)[C@@H](O)CNC(=O)OC(C)(C)C)C[C@H](NC(=O)OC(C)(C)C)C([C@H]3OC(CNC[C@H]4C[C@H](O[Si](C)(C)C(C)(C)C)CN4C(=O)OC(C)(C)C)=CC[C@H]3NC(O)OC(C)(C)C)[C@@H]2O)CC[C@]1(C)O. The van der Waals surface area contributed by atoms with E-state index in [0.29, 0.717) is 25.3 Å². The Balaban J connectivity index is 1.82. The minimum Gasteiger partial charge on any atom is -0.492 e. The molecule has 5 amide bonds. The molecule has 492 valence electrons. The summed E-state index contributed by atoms with van der Waals surface area (Å²) in [6.45, 7) is 38.1. The van der Waals surface area contributed by atoms with Crippen LogP contribution >= 0.6 is 0 Å². The molecular weight excluding hydrogens is 1120 g/mol. The molecule has 2 saturated carbocycles. The maximum absolute atomic E-state index is 14.1. The molecule has 2 unspecified atom stereocenters. The van der Waals surface area contributed by atoms with Crippen molar-refractivity contribution in [1.29, 1.82) is 0 Å². The summed E-state index contributed by atoms with van der Waals surface area (Å²) in [5.74, 6) is -1.83. The molecule has 0 radical (unpaired) electrons. The van der Waals surface area contributed by atoms with Crippen molar-refractivity contribution in [3.8, 4) is 0 Å². The number of amides is 5. The first-order chi connectivity index (χ1) is 38.5. The van der Waals surface area contributed by atoms with Crippen LogP contribution in [0.5, 0.6) is 0 Å². The number of nitrogens with zero attached hydrogens (tertiary/aromatic N) is 2. The van der Waals surface area contributed by atoms with Crippen LogP contribution < -0.4 is 26.6 Å². The van der Waals surface area contributed by atoms with Gasteiger partial charge in [0, 0.05) is 32.1 Å². The lowest BCUT2D eigenvalue weighted by atomic mass is 9.71. The van der Waals surface area contributed by atoms with E-state index in [1.54, 1.807) is 88.0 Å². The Morgan fingerprint density at radius 3 is 1.91 bits per heavy atom. The minimum absolute atomic E-state index is 0.0150. The average Bonchev–Trinajstić information content (AvgIpc) is 2.37. The Morgan fingerprint density at radius 2 is 1.35 bits per heavy atom. The van der Waals surface area contributed by atoms with Crippen LogP contribution in [0.3, 0.4) is 0 Å². The molecule has 0 aromatic rings. The number of hydrogen-bond donors (Lipinski definition) is 10. The average molecular weight is 1230 g/mol. The van der Waals surface area contributed by atoms with Gasteiger partial charge >= 0.3 is 24.4 Å². The van der Waals surface area contributed by atoms with Gasteiger partial charge in [-0.1, -0.05) is 20.8 Å². The number of aliphatic hydroxyl groups is 5. The van der Waals surface area contributed by atoms with Crippen LogP contribution in [0.1, 0.15) is 164 Å². The lowest BCUT2D eigenvalue weighted by Gasteiger charge is -2.52. The maximum atomic E-state index is 14.1. The van der Waals surface area contributed by atoms with Gasteiger partial charge in [-0.05, 0) is 167 Å². The van der Waals surface area contributed by atoms with E-state index in [1.165, 1.54) is 14.0 Å². The van der Waals surface area contributed by atoms with Crippen LogP contribution in [0.25, 0.3) is 0 Å². The zero-order chi connectivity index (χ0) is 65.0. The number of likely N-dealkylation sites (tertiary alicyclic amines) is 1. The van der Waals surface area contributed by atoms with E-state index in [0.717, 1.165) is 4.90 Å². The second-order valence-corrected chi connectivity index (χ2v) is 34.9. The van der Waals surface area contributed by atoms with E-state index in [2.05, 4.69) is 60.4 Å². The van der Waals surface area contributed by atoms with Gasteiger partial charge in [0.1, 0.15) is 52.6 Å². The lowest BCUT2D eigenvalue weighted by molar-refractivity contribution is -0.216. The Labute approximate surface area is 506 Å². The Kier molecular flexibility index (Phi) is 24.3. The molecule has 2 heterocycles. The van der Waals surface area contributed by atoms with Gasteiger partial charge in [0.05, 0.1) is 66.8 Å². The fraction of sp³-hybridized carbons (Fsp3) is 0.881. The first-order valence-electron chi connectivity index (χ1n) is 30.0. The quantitative estimate of drug-likeness (QED) is 0.0477. The summed E-state index contributed by atoms with van der Waals surface area (Å²) in [6.07, 6.45) is -11.9. The summed E-state index contributed by atoms with van der Waals surface area (Å²) in [4.78, 5) is 70.9. The van der Waals surface area contributed by atoms with Crippen LogP contribution in [0.15, 0.2) is 11.8 Å². The Bertz CT molecular complexity index is 2280. The number of aliphatic hydroxyl groups excluding tert-OH is 4. The van der Waals surface area contributed by atoms with Crippen LogP contribution in [-0.2, 0) is 42.4 Å². The summed E-state index contributed by atoms with van der Waals surface area (Å²) < 4.78 is 49.1. The molecule has 0 aromatic heterocycles. The molecule has 0 spiro atoms. The zero-order valence-corrected chi connectivity index (χ0v) is 56.0. The van der Waals surface area contributed by atoms with Crippen molar-refractivity contribution in [3.05, 3.63) is 11.8 Å². The van der Waals surface area contributed by atoms with E-state index in [-0.39, 0.29) is 49.4 Å². The molecule has 26 heteroatoms. The van der Waals surface area contributed by atoms with E-state index < -0.39 is 152 Å². The fourth-order valence-corrected chi connectivity index (χ4v) is 12.1. The van der Waals surface area contributed by atoms with E-state index in [9.17, 15) is 49.5 Å². The molecule has 10 N–H and O–H groups in total. The number of rotatable bonds is 18. The van der Waals surface area contributed by atoms with Crippen LogP contribution in [-0.4, -0.2) is 220 Å². The van der Waals surface area contributed by atoms with Gasteiger partial charge in [-0.2, -0.15) is 0 Å². The molecule has 0 aromatic carbocycles. The molecule has 4 aliphatic rings. The third kappa shape index (κ3) is 22.5. The van der Waals surface area contributed by atoms with Crippen LogP contribution in [0, 0.1) is 5.92 Å². The normalized spacial score (nSPS) is 29.8. The number of likely N-dealkylation sites (N-methyl/N-ethyl adjacent to an activating group) is 1. The largest absolute Gasteiger partial charge is 0.492 e. The van der Waals surface area contributed by atoms with Gasteiger partial charge in [0.25, 0.3) is 5.91 Å². The molecular formula is C59H109N7O18Si. The van der Waals surface area contributed by atoms with Crippen molar-refractivity contribution >= 4 is 38.6 Å². The smallest absolute Gasteiger partial charge is 0.410 e. The van der Waals surface area contributed by atoms with E-state index in [4.69, 9.17) is 37.6 Å². The van der Waals surface area contributed by atoms with Crippen molar-refractivity contribution in [3.63, 3.8) is 0 Å². The molecule has 3 fully saturated rings. The fourth-order valence-electron chi connectivity index (χ4n) is 10.8. The number of carbonyl (C=O) groups excluding carboxylic acids is 5. The van der Waals surface area contributed by atoms with Crippen molar-refractivity contribution in [2.24, 2.45) is 5.92 Å². The van der Waals surface area contributed by atoms with Crippen molar-refractivity contribution in [2.45, 2.75) is 295 Å². The number of ether oxygens (including phenoxy) is 7. The minimum atomic E-state index is -2.25. The molecule has 85 heavy (non-hydrogen) atoms. The molecule has 4 rings (SSSR count). The number of hydrogen-bond acceptors (Lipinski definition) is 20. The highest BCUT2D eigenvalue weighted by Gasteiger charge is 2.56. The summed E-state index contributed by atoms with van der Waals surface area (Å²) >= 11 is 0. The number of carbonyl (C=O) groups is 5. The first-order valence-corrected chi connectivity index (χ1v) is 32.9. The monoisotopic (exact) mass is 1230 g/mol. The van der Waals surface area contributed by atoms with Gasteiger partial charge < -0.3 is 94.2 Å². The highest BCUT2D eigenvalue weighted by molar-refractivity contribution is 6.74. The van der Waals surface area contributed by atoms with Crippen LogP contribution in [0.4, 0.5) is 19.2 Å². The summed E-state index contributed by atoms with van der Waals surface area (Å²) in [5, 5.41) is 74.6. The van der Waals surface area contributed by atoms with Gasteiger partial charge in [0.2, 0.25) is 6.41 Å². The van der Waals surface area contributed by atoms with Gasteiger partial charge in [-0.3, -0.25) is 10.1 Å². The Hall–Kier alpha value is -4.09. The second kappa shape index (κ2) is 28.2. The second-order valence-electron chi connectivity index (χ2n) is 30.1. The Morgan fingerprint density at radius 1 is 0.776 bits per heavy atom. The third-order valence-electron chi connectivity index (χ3n) is 15.4. The summed E-state index contributed by atoms with van der Waals surface area (Å²) in [5.41, 5.74) is -6.10. The topological polar surface area (TPSA) is 327 Å². The maximum Gasteiger partial charge on any atom is 0.410 e. The van der Waals surface area contributed by atoms with E-state index >= 15 is 0 Å². The molecule has 0 bridgehead atoms. The third-order valence-corrected chi connectivity index (χ3v) is 19.9. The molecule has 2 aliphatic carbocycles. The predicted molar refractivity (Wildman–Crippen MR) is 319 cm³/mol. The lowest BCUT2D eigenvalue weighted by Crippen LogP contribution is -2.70. The predicted octanol–water partition coefficient (Wildman–Crippen LogP) is 5.24. The standard InChI is InChI=1S/C59H109N7O18Si/c1-53(2,3)79-48(71)61-31-39(67)47(70)62-38-28-37(64-50(73)81-55(7,8)9)41(43(69)45(38)78-40-25-26-59(19,76)46(42(40)68)65(20)51(74)82-56(10,11)12)44-36(63-49(72)80-54(4,5)6)24-23-34(77-44)30-60-29-33-27-35(84-85(21,22)58(16,17)18)32-66(33)52(75)83-57(13,14)15/h23,33,35-46,49,60,63,67-69,72,76H,24-32H2,1-22H3,(H,61,71)(H,62,70)(H,64,73)/t33-,35+,36-,37+,38-,39+,40+,41?,42+,43+,44+,45+,46-,49?,59+/m1/s1. The number of nitrogens with one attached hydrogen (secondary N) is 5. The highest BCUT2D eigenvalue weighted by atomic mass is 28.4. The number of alkyl carbamates (subject to hydrolysis) is 2. The van der Waals surface area contributed by atoms with Crippen molar-refractivity contribution < 1.29 is 87.1 Å². The zero-order valence-electron chi connectivity index (χ0n) is 55.0. The van der Waals surface area contributed by atoms with Crippen molar-refractivity contribution in [2.75, 3.05) is 33.2 Å². The molecule has 2 aliphatic heterocycles. The van der Waals surface area contributed by atoms with E-state index in [1.807, 2.05) is 26.8 Å². The summed E-state index contributed by atoms with van der Waals surface area (Å²) in [7, 11) is -0.873. The van der Waals surface area contributed by atoms with Gasteiger partial charge in [-0.25, -0.2) is 19.2 Å². The first kappa shape index (κ1) is 73.4. The molecule has 15 atom stereocenters.